The Labute approximate surface area is 100 Å². The van der Waals surface area contributed by atoms with E-state index in [0.717, 1.165) is 12.0 Å². The van der Waals surface area contributed by atoms with Crippen LogP contribution in [0.5, 0.6) is 0 Å². The lowest BCUT2D eigenvalue weighted by atomic mass is 10.00. The standard InChI is InChI=1S/C13H27N3/c1-4-11(2)12(3)14-9-13-10-15-5-7-16(13)8-6-15/h11-14H,4-10H2,1-3H3/t11-,12-,13-/m0/s1. The van der Waals surface area contributed by atoms with E-state index in [1.165, 1.54) is 45.7 Å². The molecule has 0 radical (unpaired) electrons. The fourth-order valence-electron chi connectivity index (χ4n) is 2.79. The third-order valence-electron chi connectivity index (χ3n) is 4.57. The first kappa shape index (κ1) is 12.3. The van der Waals surface area contributed by atoms with E-state index in [0.29, 0.717) is 6.04 Å². The average molecular weight is 225 g/mol. The molecule has 3 saturated heterocycles. The molecule has 94 valence electrons. The Morgan fingerprint density at radius 1 is 1.19 bits per heavy atom. The summed E-state index contributed by atoms with van der Waals surface area (Å²) in [5.74, 6) is 0.788. The van der Waals surface area contributed by atoms with E-state index in [1.807, 2.05) is 0 Å². The van der Waals surface area contributed by atoms with Gasteiger partial charge < -0.3 is 5.32 Å². The first-order chi connectivity index (χ1) is 7.70. The number of rotatable bonds is 5. The van der Waals surface area contributed by atoms with Gasteiger partial charge in [-0.05, 0) is 12.8 Å². The van der Waals surface area contributed by atoms with Gasteiger partial charge in [0.15, 0.2) is 0 Å². The van der Waals surface area contributed by atoms with Crippen LogP contribution < -0.4 is 5.32 Å². The average Bonchev–Trinajstić information content (AvgIpc) is 2.36. The maximum absolute atomic E-state index is 3.72. The Kier molecular flexibility index (Phi) is 4.22. The fraction of sp³-hybridized carbons (Fsp3) is 1.00. The zero-order valence-electron chi connectivity index (χ0n) is 11.1. The third kappa shape index (κ3) is 2.76. The number of nitrogens with one attached hydrogen (secondary N) is 1. The van der Waals surface area contributed by atoms with E-state index in [4.69, 9.17) is 0 Å². The number of hydrogen-bond acceptors (Lipinski definition) is 3. The number of nitrogens with zero attached hydrogens (tertiary/aromatic N) is 2. The van der Waals surface area contributed by atoms with E-state index >= 15 is 0 Å². The van der Waals surface area contributed by atoms with Crippen LogP contribution in [-0.2, 0) is 0 Å². The predicted octanol–water partition coefficient (Wildman–Crippen LogP) is 1.01. The lowest BCUT2D eigenvalue weighted by molar-refractivity contribution is 0.0122. The normalized spacial score (nSPS) is 37.3. The summed E-state index contributed by atoms with van der Waals surface area (Å²) in [6.07, 6.45) is 1.27. The second kappa shape index (κ2) is 5.48. The van der Waals surface area contributed by atoms with Gasteiger partial charge >= 0.3 is 0 Å². The predicted molar refractivity (Wildman–Crippen MR) is 68.7 cm³/mol. The Balaban J connectivity index is 1.74. The molecule has 16 heavy (non-hydrogen) atoms. The molecule has 0 saturated carbocycles. The molecule has 0 aromatic carbocycles. The maximum atomic E-state index is 3.72. The van der Waals surface area contributed by atoms with Crippen molar-refractivity contribution in [3.8, 4) is 0 Å². The SMILES string of the molecule is CC[C@H](C)[C@H](C)NC[C@H]1CN2CCN1CC2. The van der Waals surface area contributed by atoms with E-state index in [9.17, 15) is 0 Å². The molecule has 3 nitrogen and oxygen atoms in total. The number of piperazine rings is 3. The van der Waals surface area contributed by atoms with Crippen LogP contribution >= 0.6 is 0 Å². The van der Waals surface area contributed by atoms with Crippen molar-refractivity contribution in [1.29, 1.82) is 0 Å². The van der Waals surface area contributed by atoms with Gasteiger partial charge in [-0.25, -0.2) is 0 Å². The van der Waals surface area contributed by atoms with Crippen LogP contribution in [0.15, 0.2) is 0 Å². The highest BCUT2D eigenvalue weighted by Gasteiger charge is 2.31. The monoisotopic (exact) mass is 225 g/mol. The lowest BCUT2D eigenvalue weighted by Gasteiger charge is -2.48. The summed E-state index contributed by atoms with van der Waals surface area (Å²) in [6.45, 7) is 14.5. The van der Waals surface area contributed by atoms with Crippen LogP contribution in [0.2, 0.25) is 0 Å². The molecule has 0 aromatic heterocycles. The third-order valence-corrected chi connectivity index (χ3v) is 4.57. The van der Waals surface area contributed by atoms with Gasteiger partial charge in [0.05, 0.1) is 0 Å². The molecule has 3 aliphatic rings. The quantitative estimate of drug-likeness (QED) is 0.753. The molecule has 3 atom stereocenters. The number of hydrogen-bond donors (Lipinski definition) is 1. The summed E-state index contributed by atoms with van der Waals surface area (Å²) in [4.78, 5) is 5.27. The van der Waals surface area contributed by atoms with Crippen molar-refractivity contribution in [2.75, 3.05) is 39.3 Å². The Morgan fingerprint density at radius 2 is 1.88 bits per heavy atom. The topological polar surface area (TPSA) is 18.5 Å². The van der Waals surface area contributed by atoms with Gasteiger partial charge in [0.25, 0.3) is 0 Å². The molecule has 2 bridgehead atoms. The number of fused-ring (bicyclic) bond motifs is 3. The van der Waals surface area contributed by atoms with Crippen LogP contribution in [0.25, 0.3) is 0 Å². The van der Waals surface area contributed by atoms with Crippen molar-refractivity contribution in [2.45, 2.75) is 39.3 Å². The minimum atomic E-state index is 0.654. The zero-order chi connectivity index (χ0) is 11.5. The highest BCUT2D eigenvalue weighted by molar-refractivity contribution is 4.89. The van der Waals surface area contributed by atoms with Crippen molar-refractivity contribution in [1.82, 2.24) is 15.1 Å². The molecule has 3 heterocycles. The molecular formula is C13H27N3. The van der Waals surface area contributed by atoms with Crippen molar-refractivity contribution in [3.63, 3.8) is 0 Å². The molecule has 1 N–H and O–H groups in total. The molecule has 3 fully saturated rings. The van der Waals surface area contributed by atoms with Gasteiger partial charge in [0.2, 0.25) is 0 Å². The van der Waals surface area contributed by atoms with Crippen molar-refractivity contribution in [2.24, 2.45) is 5.92 Å². The second-order valence-corrected chi connectivity index (χ2v) is 5.57. The van der Waals surface area contributed by atoms with E-state index < -0.39 is 0 Å². The van der Waals surface area contributed by atoms with Crippen LogP contribution in [-0.4, -0.2) is 61.2 Å². The van der Waals surface area contributed by atoms with Crippen LogP contribution in [0.3, 0.4) is 0 Å². The van der Waals surface area contributed by atoms with Crippen molar-refractivity contribution < 1.29 is 0 Å². The van der Waals surface area contributed by atoms with Gasteiger partial charge in [-0.1, -0.05) is 20.3 Å². The molecule has 3 rings (SSSR count). The summed E-state index contributed by atoms with van der Waals surface area (Å²) in [5.41, 5.74) is 0. The van der Waals surface area contributed by atoms with Gasteiger partial charge in [0, 0.05) is 51.4 Å². The minimum Gasteiger partial charge on any atom is -0.312 e. The Hall–Kier alpha value is -0.120. The molecule has 3 aliphatic heterocycles. The Bertz CT molecular complexity index is 211. The summed E-state index contributed by atoms with van der Waals surface area (Å²) < 4.78 is 0. The highest BCUT2D eigenvalue weighted by atomic mass is 15.3. The summed E-state index contributed by atoms with van der Waals surface area (Å²) >= 11 is 0. The van der Waals surface area contributed by atoms with Crippen LogP contribution in [0, 0.1) is 5.92 Å². The smallest absolute Gasteiger partial charge is 0.0349 e. The summed E-state index contributed by atoms with van der Waals surface area (Å²) in [5, 5.41) is 3.72. The van der Waals surface area contributed by atoms with Crippen molar-refractivity contribution >= 4 is 0 Å². The first-order valence-electron chi connectivity index (χ1n) is 6.90. The summed E-state index contributed by atoms with van der Waals surface area (Å²) in [6, 6.07) is 1.41. The molecule has 0 amide bonds. The molecule has 0 unspecified atom stereocenters. The molecular weight excluding hydrogens is 198 g/mol. The molecule has 3 heteroatoms. The van der Waals surface area contributed by atoms with Crippen LogP contribution in [0.1, 0.15) is 27.2 Å². The Morgan fingerprint density at radius 3 is 2.38 bits per heavy atom. The maximum Gasteiger partial charge on any atom is 0.0349 e. The van der Waals surface area contributed by atoms with Gasteiger partial charge in [-0.2, -0.15) is 0 Å². The van der Waals surface area contributed by atoms with Gasteiger partial charge in [0.1, 0.15) is 0 Å². The summed E-state index contributed by atoms with van der Waals surface area (Å²) in [7, 11) is 0. The largest absolute Gasteiger partial charge is 0.312 e. The lowest BCUT2D eigenvalue weighted by Crippen LogP contribution is -2.63. The van der Waals surface area contributed by atoms with Crippen LogP contribution in [0.4, 0.5) is 0 Å². The zero-order valence-corrected chi connectivity index (χ0v) is 11.1. The minimum absolute atomic E-state index is 0.654. The first-order valence-corrected chi connectivity index (χ1v) is 6.90. The molecule has 0 aliphatic carbocycles. The highest BCUT2D eigenvalue weighted by Crippen LogP contribution is 2.15. The van der Waals surface area contributed by atoms with Gasteiger partial charge in [-0.15, -0.1) is 0 Å². The van der Waals surface area contributed by atoms with E-state index in [2.05, 4.69) is 35.9 Å². The van der Waals surface area contributed by atoms with E-state index in [1.54, 1.807) is 0 Å². The van der Waals surface area contributed by atoms with E-state index in [-0.39, 0.29) is 0 Å². The molecule has 0 aromatic rings. The van der Waals surface area contributed by atoms with Crippen molar-refractivity contribution in [3.05, 3.63) is 0 Å². The van der Waals surface area contributed by atoms with Gasteiger partial charge in [-0.3, -0.25) is 9.80 Å². The fourth-order valence-corrected chi connectivity index (χ4v) is 2.79. The second-order valence-electron chi connectivity index (χ2n) is 5.57. The molecule has 0 spiro atoms.